The molecule has 44 heavy (non-hydrogen) atoms. The van der Waals surface area contributed by atoms with Crippen LogP contribution >= 0.6 is 0 Å². The van der Waals surface area contributed by atoms with Gasteiger partial charge in [0.1, 0.15) is 0 Å². The Morgan fingerprint density at radius 2 is 1.34 bits per heavy atom. The van der Waals surface area contributed by atoms with Gasteiger partial charge in [-0.25, -0.2) is 0 Å². The highest BCUT2D eigenvalue weighted by molar-refractivity contribution is 5.91. The van der Waals surface area contributed by atoms with Gasteiger partial charge in [0.25, 0.3) is 0 Å². The molecule has 0 saturated heterocycles. The van der Waals surface area contributed by atoms with Crippen molar-refractivity contribution < 1.29 is 0 Å². The minimum atomic E-state index is 0.302. The van der Waals surface area contributed by atoms with E-state index in [1.807, 2.05) is 0 Å². The Morgan fingerprint density at radius 3 is 2.07 bits per heavy atom. The molecular formula is C42H40N2. The first-order valence-electron chi connectivity index (χ1n) is 16.8. The lowest BCUT2D eigenvalue weighted by Gasteiger charge is -2.40. The second kappa shape index (κ2) is 10.7. The molecule has 2 aliphatic heterocycles. The molecule has 6 aliphatic rings. The second-order valence-electron chi connectivity index (χ2n) is 13.4. The Bertz CT molecular complexity index is 1750. The van der Waals surface area contributed by atoms with Crippen molar-refractivity contribution in [3.05, 3.63) is 156 Å². The molecule has 0 amide bonds. The molecule has 2 nitrogen and oxygen atoms in total. The monoisotopic (exact) mass is 572 g/mol. The van der Waals surface area contributed by atoms with Gasteiger partial charge in [-0.15, -0.1) is 0 Å². The zero-order valence-corrected chi connectivity index (χ0v) is 25.3. The molecule has 0 bridgehead atoms. The van der Waals surface area contributed by atoms with Crippen LogP contribution in [0, 0.1) is 0 Å². The molecule has 3 aromatic rings. The van der Waals surface area contributed by atoms with Crippen LogP contribution in [-0.2, 0) is 0 Å². The van der Waals surface area contributed by atoms with E-state index in [2.05, 4.69) is 143 Å². The van der Waals surface area contributed by atoms with E-state index < -0.39 is 0 Å². The molecule has 6 unspecified atom stereocenters. The lowest BCUT2D eigenvalue weighted by molar-refractivity contribution is 0.516. The number of fused-ring (bicyclic) bond motifs is 7. The van der Waals surface area contributed by atoms with Crippen molar-refractivity contribution in [2.45, 2.75) is 74.4 Å². The molecule has 3 aromatic carbocycles. The zero-order valence-electron chi connectivity index (χ0n) is 25.3. The Balaban J connectivity index is 1.15. The smallest absolute Gasteiger partial charge is 0.0697 e. The molecule has 0 N–H and O–H groups in total. The number of anilines is 3. The van der Waals surface area contributed by atoms with Gasteiger partial charge in [0.15, 0.2) is 0 Å². The van der Waals surface area contributed by atoms with Crippen LogP contribution in [0.4, 0.5) is 17.1 Å². The molecule has 0 fully saturated rings. The molecule has 0 saturated carbocycles. The van der Waals surface area contributed by atoms with E-state index in [0.717, 1.165) is 19.3 Å². The van der Waals surface area contributed by atoms with Crippen LogP contribution in [-0.4, -0.2) is 18.1 Å². The van der Waals surface area contributed by atoms with Gasteiger partial charge in [0.2, 0.25) is 0 Å². The number of hydrogen-bond donors (Lipinski definition) is 0. The largest absolute Gasteiger partial charge is 0.359 e. The number of allylic oxidation sites excluding steroid dienone is 7. The maximum atomic E-state index is 2.84. The second-order valence-corrected chi connectivity index (χ2v) is 13.4. The summed E-state index contributed by atoms with van der Waals surface area (Å²) in [6, 6.07) is 26.7. The fraction of sp³-hybridized carbons (Fsp3) is 0.286. The third-order valence-corrected chi connectivity index (χ3v) is 11.1. The molecule has 0 spiro atoms. The van der Waals surface area contributed by atoms with Crippen LogP contribution in [0.2, 0.25) is 0 Å². The van der Waals surface area contributed by atoms with E-state index in [1.165, 1.54) is 64.2 Å². The zero-order chi connectivity index (χ0) is 29.0. The Hall–Kier alpha value is -4.30. The summed E-state index contributed by atoms with van der Waals surface area (Å²) >= 11 is 0. The highest BCUT2D eigenvalue weighted by atomic mass is 15.3. The molecule has 6 atom stereocenters. The molecule has 9 rings (SSSR count). The van der Waals surface area contributed by atoms with E-state index in [9.17, 15) is 0 Å². The third kappa shape index (κ3) is 4.14. The topological polar surface area (TPSA) is 6.48 Å². The minimum Gasteiger partial charge on any atom is -0.359 e. The SMILES string of the molecule is C1=CC2c3ccc4c(c3N(c3ccc(C5CC=CCC5)cc3)C2C=C1)N(C1CC=C(c2ccccc2)CC1)C1C=CC=CC41. The summed E-state index contributed by atoms with van der Waals surface area (Å²) in [5.74, 6) is 1.42. The van der Waals surface area contributed by atoms with Crippen molar-refractivity contribution >= 4 is 22.6 Å². The number of hydrogen-bond acceptors (Lipinski definition) is 2. The van der Waals surface area contributed by atoms with Gasteiger partial charge in [0.05, 0.1) is 23.5 Å². The van der Waals surface area contributed by atoms with Crippen LogP contribution in [0.5, 0.6) is 0 Å². The highest BCUT2D eigenvalue weighted by Crippen LogP contribution is 2.59. The minimum absolute atomic E-state index is 0.302. The molecular weight excluding hydrogens is 532 g/mol. The lowest BCUT2D eigenvalue weighted by Crippen LogP contribution is -2.42. The maximum absolute atomic E-state index is 2.84. The summed E-state index contributed by atoms with van der Waals surface area (Å²) < 4.78 is 0. The first-order valence-corrected chi connectivity index (χ1v) is 16.8. The van der Waals surface area contributed by atoms with Crippen molar-refractivity contribution in [1.29, 1.82) is 0 Å². The Kier molecular flexibility index (Phi) is 6.35. The van der Waals surface area contributed by atoms with Gasteiger partial charge >= 0.3 is 0 Å². The van der Waals surface area contributed by atoms with Gasteiger partial charge in [0, 0.05) is 23.6 Å². The van der Waals surface area contributed by atoms with Gasteiger partial charge in [-0.05, 0) is 84.4 Å². The normalized spacial score (nSPS) is 29.3. The average molecular weight is 573 g/mol. The predicted octanol–water partition coefficient (Wildman–Crippen LogP) is 10.3. The fourth-order valence-electron chi connectivity index (χ4n) is 8.97. The molecule has 218 valence electrons. The number of benzene rings is 3. The lowest BCUT2D eigenvalue weighted by atomic mass is 9.87. The summed E-state index contributed by atoms with van der Waals surface area (Å²) in [7, 11) is 0. The standard InChI is InChI=1S/C42H40N2/c1-3-11-29(12-4-1)31-19-23-33(24-20-31)43-39-17-9-7-15-35(39)37-27-28-38-36-16-8-10-18-40(36)44(42(38)41(37)43)34-25-21-32(22-26-34)30-13-5-2-6-14-30/h1-5,7-12,15-19,21-22,25-28,30,33,35-36,39-40H,6,13-14,20,23-24H2. The van der Waals surface area contributed by atoms with Crippen molar-refractivity contribution in [2.75, 3.05) is 9.80 Å². The van der Waals surface area contributed by atoms with Crippen molar-refractivity contribution in [3.8, 4) is 0 Å². The van der Waals surface area contributed by atoms with E-state index in [4.69, 9.17) is 0 Å². The number of nitrogens with zero attached hydrogens (tertiary/aromatic N) is 2. The quantitative estimate of drug-likeness (QED) is 0.287. The maximum Gasteiger partial charge on any atom is 0.0697 e. The van der Waals surface area contributed by atoms with Gasteiger partial charge in [-0.1, -0.05) is 121 Å². The van der Waals surface area contributed by atoms with E-state index in [-0.39, 0.29) is 0 Å². The number of rotatable bonds is 4. The van der Waals surface area contributed by atoms with Crippen LogP contribution in [0.3, 0.4) is 0 Å². The summed E-state index contributed by atoms with van der Waals surface area (Å²) in [4.78, 5) is 5.53. The van der Waals surface area contributed by atoms with Crippen molar-refractivity contribution in [1.82, 2.24) is 0 Å². The Labute approximate surface area is 262 Å². The van der Waals surface area contributed by atoms with Gasteiger partial charge in [-0.2, -0.15) is 0 Å². The summed E-state index contributed by atoms with van der Waals surface area (Å²) in [5.41, 5.74) is 11.6. The first-order chi connectivity index (χ1) is 21.8. The van der Waals surface area contributed by atoms with Gasteiger partial charge < -0.3 is 9.80 Å². The van der Waals surface area contributed by atoms with Crippen LogP contribution in [0.1, 0.15) is 78.5 Å². The average Bonchev–Trinajstić information content (AvgIpc) is 3.62. The summed E-state index contributed by atoms with van der Waals surface area (Å²) in [5, 5.41) is 0. The first kappa shape index (κ1) is 26.1. The molecule has 2 heterocycles. The summed E-state index contributed by atoms with van der Waals surface area (Å²) in [6.07, 6.45) is 33.1. The van der Waals surface area contributed by atoms with E-state index in [0.29, 0.717) is 35.9 Å². The molecule has 0 aromatic heterocycles. The van der Waals surface area contributed by atoms with Crippen LogP contribution < -0.4 is 9.80 Å². The van der Waals surface area contributed by atoms with Crippen LogP contribution in [0.25, 0.3) is 5.57 Å². The Morgan fingerprint density at radius 1 is 0.614 bits per heavy atom. The van der Waals surface area contributed by atoms with Crippen LogP contribution in [0.15, 0.2) is 134 Å². The summed E-state index contributed by atoms with van der Waals surface area (Å²) in [6.45, 7) is 0. The molecule has 4 aliphatic carbocycles. The molecule has 2 heteroatoms. The van der Waals surface area contributed by atoms with E-state index >= 15 is 0 Å². The highest BCUT2D eigenvalue weighted by Gasteiger charge is 2.47. The molecule has 0 radical (unpaired) electrons. The van der Waals surface area contributed by atoms with E-state index in [1.54, 1.807) is 0 Å². The predicted molar refractivity (Wildman–Crippen MR) is 185 cm³/mol. The van der Waals surface area contributed by atoms with Gasteiger partial charge in [-0.3, -0.25) is 0 Å². The fourth-order valence-corrected chi connectivity index (χ4v) is 8.97. The van der Waals surface area contributed by atoms with Crippen molar-refractivity contribution in [2.24, 2.45) is 0 Å². The van der Waals surface area contributed by atoms with Crippen molar-refractivity contribution in [3.63, 3.8) is 0 Å². The third-order valence-electron chi connectivity index (χ3n) is 11.1.